The van der Waals surface area contributed by atoms with Gasteiger partial charge >= 0.3 is 0 Å². The molecule has 0 fully saturated rings. The van der Waals surface area contributed by atoms with Gasteiger partial charge in [-0.25, -0.2) is 0 Å². The van der Waals surface area contributed by atoms with Gasteiger partial charge in [-0.15, -0.1) is 0 Å². The first-order chi connectivity index (χ1) is 13.0. The maximum Gasteiger partial charge on any atom is 0.269 e. The molecule has 0 atom stereocenters. The first kappa shape index (κ1) is 18.6. The third-order valence-corrected chi connectivity index (χ3v) is 4.91. The van der Waals surface area contributed by atoms with E-state index in [4.69, 9.17) is 0 Å². The number of non-ortho nitro benzene ring substituents is 1. The van der Waals surface area contributed by atoms with Gasteiger partial charge in [0, 0.05) is 12.1 Å². The van der Waals surface area contributed by atoms with Crippen molar-refractivity contribution in [1.82, 2.24) is 0 Å². The van der Waals surface area contributed by atoms with E-state index < -0.39 is 0 Å². The van der Waals surface area contributed by atoms with Crippen molar-refractivity contribution in [1.29, 1.82) is 0 Å². The van der Waals surface area contributed by atoms with Crippen molar-refractivity contribution in [2.45, 2.75) is 27.2 Å². The summed E-state index contributed by atoms with van der Waals surface area (Å²) in [5.74, 6) is 0. The molecule has 3 nitrogen and oxygen atoms in total. The van der Waals surface area contributed by atoms with Gasteiger partial charge in [-0.1, -0.05) is 55.5 Å². The van der Waals surface area contributed by atoms with E-state index in [0.29, 0.717) is 0 Å². The van der Waals surface area contributed by atoms with Crippen molar-refractivity contribution in [2.75, 3.05) is 0 Å². The number of nitro groups is 1. The lowest BCUT2D eigenvalue weighted by Gasteiger charge is -2.19. The predicted octanol–water partition coefficient (Wildman–Crippen LogP) is 6.58. The van der Waals surface area contributed by atoms with Crippen LogP contribution in [0, 0.1) is 24.0 Å². The second-order valence-corrected chi connectivity index (χ2v) is 6.64. The molecule has 3 rings (SSSR count). The van der Waals surface area contributed by atoms with Crippen molar-refractivity contribution >= 4 is 16.8 Å². The van der Waals surface area contributed by atoms with E-state index in [2.05, 4.69) is 51.1 Å². The lowest BCUT2D eigenvalue weighted by molar-refractivity contribution is -0.384. The van der Waals surface area contributed by atoms with Crippen molar-refractivity contribution in [2.24, 2.45) is 0 Å². The summed E-state index contributed by atoms with van der Waals surface area (Å²) in [4.78, 5) is 10.7. The molecule has 0 spiro atoms. The van der Waals surface area contributed by atoms with Crippen LogP contribution < -0.4 is 0 Å². The van der Waals surface area contributed by atoms with Crippen molar-refractivity contribution < 1.29 is 4.92 Å². The molecule has 0 heterocycles. The molecule has 0 radical (unpaired) electrons. The Kier molecular flexibility index (Phi) is 5.51. The number of hydrogen-bond acceptors (Lipinski definition) is 2. The summed E-state index contributed by atoms with van der Waals surface area (Å²) in [6.45, 7) is 6.38. The molecule has 136 valence electrons. The fraction of sp³-hybridized carbons (Fsp3) is 0.167. The van der Waals surface area contributed by atoms with E-state index >= 15 is 0 Å². The molecule has 0 amide bonds. The number of aryl methyl sites for hydroxylation is 2. The summed E-state index contributed by atoms with van der Waals surface area (Å²) in [5.41, 5.74) is 8.28. The SMILES string of the molecule is CC/C(=C(\c1ccc([N+](=O)[O-])cc1)c1ccccc1C)c1ccccc1C. The molecule has 0 aromatic heterocycles. The second-order valence-electron chi connectivity index (χ2n) is 6.64. The molecule has 3 heteroatoms. The number of nitrogens with zero attached hydrogens (tertiary/aromatic N) is 1. The first-order valence-electron chi connectivity index (χ1n) is 9.13. The van der Waals surface area contributed by atoms with Gasteiger partial charge < -0.3 is 0 Å². The van der Waals surface area contributed by atoms with Crippen LogP contribution in [0.1, 0.15) is 41.2 Å². The van der Waals surface area contributed by atoms with Crippen LogP contribution in [-0.2, 0) is 0 Å². The van der Waals surface area contributed by atoms with Gasteiger partial charge in [-0.3, -0.25) is 10.1 Å². The highest BCUT2D eigenvalue weighted by Gasteiger charge is 2.16. The minimum Gasteiger partial charge on any atom is -0.258 e. The van der Waals surface area contributed by atoms with Crippen molar-refractivity contribution in [3.8, 4) is 0 Å². The Hall–Kier alpha value is -3.20. The fourth-order valence-electron chi connectivity index (χ4n) is 3.51. The molecule has 0 aliphatic rings. The zero-order chi connectivity index (χ0) is 19.4. The quantitative estimate of drug-likeness (QED) is 0.294. The highest BCUT2D eigenvalue weighted by Crippen LogP contribution is 2.37. The smallest absolute Gasteiger partial charge is 0.258 e. The lowest BCUT2D eigenvalue weighted by atomic mass is 9.85. The van der Waals surface area contributed by atoms with Crippen LogP contribution in [0.15, 0.2) is 72.8 Å². The molecule has 0 unspecified atom stereocenters. The average Bonchev–Trinajstić information content (AvgIpc) is 2.68. The largest absolute Gasteiger partial charge is 0.269 e. The zero-order valence-corrected chi connectivity index (χ0v) is 15.9. The van der Waals surface area contributed by atoms with Gasteiger partial charge in [0.1, 0.15) is 0 Å². The van der Waals surface area contributed by atoms with Gasteiger partial charge in [-0.05, 0) is 71.4 Å². The van der Waals surface area contributed by atoms with E-state index in [9.17, 15) is 10.1 Å². The predicted molar refractivity (Wildman–Crippen MR) is 112 cm³/mol. The van der Waals surface area contributed by atoms with E-state index in [1.807, 2.05) is 30.3 Å². The van der Waals surface area contributed by atoms with E-state index in [1.54, 1.807) is 12.1 Å². The second kappa shape index (κ2) is 8.00. The highest BCUT2D eigenvalue weighted by molar-refractivity contribution is 5.99. The summed E-state index contributed by atoms with van der Waals surface area (Å²) in [6.07, 6.45) is 0.867. The molecule has 0 saturated heterocycles. The molecule has 3 aromatic rings. The number of rotatable bonds is 5. The van der Waals surface area contributed by atoms with Crippen LogP contribution in [-0.4, -0.2) is 4.92 Å². The Balaban J connectivity index is 2.32. The number of benzene rings is 3. The lowest BCUT2D eigenvalue weighted by Crippen LogP contribution is -1.99. The standard InChI is InChI=1S/C24H23NO2/c1-4-21(22-11-7-5-9-17(22)2)24(23-12-8-6-10-18(23)3)19-13-15-20(16-14-19)25(26)27/h5-16H,4H2,1-3H3/b24-21-. The van der Waals surface area contributed by atoms with Gasteiger partial charge in [-0.2, -0.15) is 0 Å². The maximum atomic E-state index is 11.1. The molecule has 0 N–H and O–H groups in total. The minimum absolute atomic E-state index is 0.108. The Labute approximate surface area is 160 Å². The third kappa shape index (κ3) is 3.82. The summed E-state index contributed by atoms with van der Waals surface area (Å²) >= 11 is 0. The summed E-state index contributed by atoms with van der Waals surface area (Å²) in [7, 11) is 0. The summed E-state index contributed by atoms with van der Waals surface area (Å²) < 4.78 is 0. The number of nitro benzene ring substituents is 1. The monoisotopic (exact) mass is 357 g/mol. The molecular weight excluding hydrogens is 334 g/mol. The topological polar surface area (TPSA) is 43.1 Å². The fourth-order valence-corrected chi connectivity index (χ4v) is 3.51. The zero-order valence-electron chi connectivity index (χ0n) is 15.9. The molecule has 0 saturated carbocycles. The van der Waals surface area contributed by atoms with Crippen LogP contribution in [0.5, 0.6) is 0 Å². The Morgan fingerprint density at radius 3 is 1.81 bits per heavy atom. The van der Waals surface area contributed by atoms with Gasteiger partial charge in [0.15, 0.2) is 0 Å². The maximum absolute atomic E-state index is 11.1. The Morgan fingerprint density at radius 1 is 0.815 bits per heavy atom. The van der Waals surface area contributed by atoms with Crippen LogP contribution >= 0.6 is 0 Å². The normalized spacial score (nSPS) is 11.8. The van der Waals surface area contributed by atoms with E-state index in [-0.39, 0.29) is 10.6 Å². The molecular formula is C24H23NO2. The van der Waals surface area contributed by atoms with Crippen LogP contribution in [0.3, 0.4) is 0 Å². The Bertz CT molecular complexity index is 1000. The van der Waals surface area contributed by atoms with Gasteiger partial charge in [0.2, 0.25) is 0 Å². The first-order valence-corrected chi connectivity index (χ1v) is 9.13. The van der Waals surface area contributed by atoms with Gasteiger partial charge in [0.25, 0.3) is 5.69 Å². The van der Waals surface area contributed by atoms with Gasteiger partial charge in [0.05, 0.1) is 4.92 Å². The van der Waals surface area contributed by atoms with Crippen LogP contribution in [0.4, 0.5) is 5.69 Å². The number of hydrogen-bond donors (Lipinski definition) is 0. The number of allylic oxidation sites excluding steroid dienone is 1. The summed E-state index contributed by atoms with van der Waals surface area (Å²) in [5, 5.41) is 11.1. The molecule has 0 aliphatic carbocycles. The minimum atomic E-state index is -0.358. The van der Waals surface area contributed by atoms with E-state index in [1.165, 1.54) is 22.3 Å². The molecule has 0 bridgehead atoms. The summed E-state index contributed by atoms with van der Waals surface area (Å²) in [6, 6.07) is 23.6. The molecule has 0 aliphatic heterocycles. The van der Waals surface area contributed by atoms with Crippen molar-refractivity contribution in [3.63, 3.8) is 0 Å². The molecule has 27 heavy (non-hydrogen) atoms. The van der Waals surface area contributed by atoms with E-state index in [0.717, 1.165) is 23.1 Å². The third-order valence-electron chi connectivity index (χ3n) is 4.91. The Morgan fingerprint density at radius 2 is 1.33 bits per heavy atom. The highest BCUT2D eigenvalue weighted by atomic mass is 16.6. The average molecular weight is 357 g/mol. The molecule has 3 aromatic carbocycles. The van der Waals surface area contributed by atoms with Crippen molar-refractivity contribution in [3.05, 3.63) is 111 Å². The van der Waals surface area contributed by atoms with Crippen LogP contribution in [0.25, 0.3) is 11.1 Å². The van der Waals surface area contributed by atoms with Crippen LogP contribution in [0.2, 0.25) is 0 Å².